The zero-order valence-electron chi connectivity index (χ0n) is 10.8. The van der Waals surface area contributed by atoms with Gasteiger partial charge in [0.05, 0.1) is 0 Å². The second-order valence-corrected chi connectivity index (χ2v) is 4.53. The average Bonchev–Trinajstić information content (AvgIpc) is 2.42. The van der Waals surface area contributed by atoms with Crippen LogP contribution >= 0.6 is 0 Å². The lowest BCUT2D eigenvalue weighted by molar-refractivity contribution is 0.394. The summed E-state index contributed by atoms with van der Waals surface area (Å²) in [6.07, 6.45) is 0. The Morgan fingerprint density at radius 1 is 1.05 bits per heavy atom. The Morgan fingerprint density at radius 2 is 1.65 bits per heavy atom. The predicted octanol–water partition coefficient (Wildman–Crippen LogP) is 3.66. The summed E-state index contributed by atoms with van der Waals surface area (Å²) >= 11 is 0. The molecule has 0 aliphatic carbocycles. The van der Waals surface area contributed by atoms with Crippen molar-refractivity contribution in [2.75, 3.05) is 0 Å². The molecule has 2 N–H and O–H groups in total. The molecule has 1 unspecified atom stereocenters. The minimum atomic E-state index is -1.01. The van der Waals surface area contributed by atoms with E-state index in [1.54, 1.807) is 25.1 Å². The molecule has 0 aliphatic heterocycles. The number of aromatic hydroxyl groups is 1. The van der Waals surface area contributed by atoms with Crippen molar-refractivity contribution in [3.63, 3.8) is 0 Å². The lowest BCUT2D eigenvalue weighted by atomic mass is 10.1. The van der Waals surface area contributed by atoms with Gasteiger partial charge >= 0.3 is 0 Å². The molecule has 2 rings (SSSR count). The second kappa shape index (κ2) is 5.96. The Labute approximate surface area is 114 Å². The number of rotatable bonds is 4. The highest BCUT2D eigenvalue weighted by molar-refractivity contribution is 5.30. The van der Waals surface area contributed by atoms with Gasteiger partial charge in [0.15, 0.2) is 17.4 Å². The molecule has 106 valence electrons. The molecule has 0 saturated carbocycles. The molecule has 20 heavy (non-hydrogen) atoms. The van der Waals surface area contributed by atoms with Gasteiger partial charge in [-0.05, 0) is 30.7 Å². The fourth-order valence-corrected chi connectivity index (χ4v) is 1.93. The number of phenols is 1. The Kier molecular flexibility index (Phi) is 4.29. The van der Waals surface area contributed by atoms with Crippen LogP contribution in [0, 0.1) is 17.5 Å². The van der Waals surface area contributed by atoms with Crippen LogP contribution in [0.25, 0.3) is 0 Å². The summed E-state index contributed by atoms with van der Waals surface area (Å²) in [5.74, 6) is -3.35. The van der Waals surface area contributed by atoms with Crippen LogP contribution in [-0.2, 0) is 6.54 Å². The van der Waals surface area contributed by atoms with Gasteiger partial charge in [-0.1, -0.05) is 18.2 Å². The molecule has 0 saturated heterocycles. The zero-order chi connectivity index (χ0) is 14.7. The van der Waals surface area contributed by atoms with Gasteiger partial charge in [-0.15, -0.1) is 0 Å². The third-order valence-electron chi connectivity index (χ3n) is 3.06. The number of nitrogens with one attached hydrogen (secondary N) is 1. The lowest BCUT2D eigenvalue weighted by Crippen LogP contribution is -2.19. The molecule has 0 spiro atoms. The van der Waals surface area contributed by atoms with Crippen molar-refractivity contribution < 1.29 is 18.3 Å². The fourth-order valence-electron chi connectivity index (χ4n) is 1.93. The first kappa shape index (κ1) is 14.4. The van der Waals surface area contributed by atoms with Crippen LogP contribution in [0.5, 0.6) is 5.75 Å². The maximum atomic E-state index is 13.6. The molecule has 5 heteroatoms. The first-order chi connectivity index (χ1) is 9.49. The van der Waals surface area contributed by atoms with Crippen molar-refractivity contribution >= 4 is 0 Å². The van der Waals surface area contributed by atoms with Crippen LogP contribution < -0.4 is 5.32 Å². The van der Waals surface area contributed by atoms with Crippen molar-refractivity contribution in [1.82, 2.24) is 5.32 Å². The van der Waals surface area contributed by atoms with Crippen molar-refractivity contribution in [2.45, 2.75) is 19.5 Å². The van der Waals surface area contributed by atoms with E-state index in [2.05, 4.69) is 5.32 Å². The number of hydrogen-bond donors (Lipinski definition) is 2. The van der Waals surface area contributed by atoms with Crippen molar-refractivity contribution in [1.29, 1.82) is 0 Å². The maximum absolute atomic E-state index is 13.6. The van der Waals surface area contributed by atoms with Gasteiger partial charge in [0, 0.05) is 18.2 Å². The molecule has 2 aromatic carbocycles. The van der Waals surface area contributed by atoms with E-state index < -0.39 is 17.4 Å². The quantitative estimate of drug-likeness (QED) is 0.896. The summed E-state index contributed by atoms with van der Waals surface area (Å²) in [4.78, 5) is 0. The van der Waals surface area contributed by atoms with Gasteiger partial charge < -0.3 is 10.4 Å². The molecule has 1 atom stereocenters. The molecule has 2 aromatic rings. The first-order valence-electron chi connectivity index (χ1n) is 6.13. The Hall–Kier alpha value is -2.01. The van der Waals surface area contributed by atoms with Crippen molar-refractivity contribution in [2.24, 2.45) is 0 Å². The molecule has 0 fully saturated rings. The van der Waals surface area contributed by atoms with Gasteiger partial charge in [0.25, 0.3) is 0 Å². The highest BCUT2D eigenvalue weighted by Crippen LogP contribution is 2.22. The van der Waals surface area contributed by atoms with Crippen molar-refractivity contribution in [3.05, 3.63) is 65.0 Å². The second-order valence-electron chi connectivity index (χ2n) is 4.53. The monoisotopic (exact) mass is 281 g/mol. The van der Waals surface area contributed by atoms with Gasteiger partial charge in [-0.3, -0.25) is 0 Å². The van der Waals surface area contributed by atoms with Crippen LogP contribution in [0.15, 0.2) is 36.4 Å². The van der Waals surface area contributed by atoms with E-state index >= 15 is 0 Å². The number of hydrogen-bond acceptors (Lipinski definition) is 2. The highest BCUT2D eigenvalue weighted by Gasteiger charge is 2.12. The van der Waals surface area contributed by atoms with Gasteiger partial charge in [-0.25, -0.2) is 13.2 Å². The zero-order valence-corrected chi connectivity index (χ0v) is 10.8. The van der Waals surface area contributed by atoms with Crippen LogP contribution in [0.2, 0.25) is 0 Å². The van der Waals surface area contributed by atoms with Crippen molar-refractivity contribution in [3.8, 4) is 5.75 Å². The summed E-state index contributed by atoms with van der Waals surface area (Å²) in [6.45, 7) is 1.91. The molecule has 0 aliphatic rings. The van der Waals surface area contributed by atoms with Gasteiger partial charge in [0.1, 0.15) is 5.82 Å². The van der Waals surface area contributed by atoms with Crippen LogP contribution in [0.4, 0.5) is 13.2 Å². The van der Waals surface area contributed by atoms with E-state index in [0.717, 1.165) is 12.1 Å². The molecule has 2 nitrogen and oxygen atoms in total. The Balaban J connectivity index is 2.07. The summed E-state index contributed by atoms with van der Waals surface area (Å²) in [6, 6.07) is 8.08. The van der Waals surface area contributed by atoms with E-state index in [4.69, 9.17) is 5.11 Å². The fraction of sp³-hybridized carbons (Fsp3) is 0.200. The third-order valence-corrected chi connectivity index (χ3v) is 3.06. The lowest BCUT2D eigenvalue weighted by Gasteiger charge is -2.15. The molecule has 0 radical (unpaired) electrons. The van der Waals surface area contributed by atoms with Gasteiger partial charge in [-0.2, -0.15) is 0 Å². The predicted molar refractivity (Wildman–Crippen MR) is 69.7 cm³/mol. The molecular formula is C15H14F3NO. The van der Waals surface area contributed by atoms with Crippen LogP contribution in [0.3, 0.4) is 0 Å². The summed E-state index contributed by atoms with van der Waals surface area (Å²) in [7, 11) is 0. The normalized spacial score (nSPS) is 12.4. The van der Waals surface area contributed by atoms with E-state index in [1.807, 2.05) is 0 Å². The summed E-state index contributed by atoms with van der Waals surface area (Å²) in [5, 5.41) is 12.0. The van der Waals surface area contributed by atoms with E-state index in [1.165, 1.54) is 6.07 Å². The number of halogens is 3. The molecule has 0 heterocycles. The number of phenolic OH excluding ortho intramolecular Hbond substituents is 1. The minimum Gasteiger partial charge on any atom is -0.503 e. The first-order valence-corrected chi connectivity index (χ1v) is 6.13. The molecule has 0 amide bonds. The van der Waals surface area contributed by atoms with Gasteiger partial charge in [0.2, 0.25) is 0 Å². The smallest absolute Gasteiger partial charge is 0.187 e. The minimum absolute atomic E-state index is 0.156. The van der Waals surface area contributed by atoms with E-state index in [9.17, 15) is 13.2 Å². The SMILES string of the molecule is CC(NCc1cc(F)c(O)c(F)c1)c1ccccc1F. The largest absolute Gasteiger partial charge is 0.503 e. The van der Waals surface area contributed by atoms with Crippen LogP contribution in [-0.4, -0.2) is 5.11 Å². The highest BCUT2D eigenvalue weighted by atomic mass is 19.1. The van der Waals surface area contributed by atoms with Crippen LogP contribution in [0.1, 0.15) is 24.1 Å². The Bertz CT molecular complexity index is 593. The van der Waals surface area contributed by atoms with E-state index in [-0.39, 0.29) is 18.4 Å². The summed E-state index contributed by atoms with van der Waals surface area (Å²) < 4.78 is 39.9. The Morgan fingerprint density at radius 3 is 2.25 bits per heavy atom. The third kappa shape index (κ3) is 3.11. The topological polar surface area (TPSA) is 32.3 Å². The maximum Gasteiger partial charge on any atom is 0.187 e. The summed E-state index contributed by atoms with van der Waals surface area (Å²) in [5.41, 5.74) is 0.813. The van der Waals surface area contributed by atoms with E-state index in [0.29, 0.717) is 11.1 Å². The number of benzene rings is 2. The molecular weight excluding hydrogens is 267 g/mol. The molecule has 0 bridgehead atoms. The average molecular weight is 281 g/mol. The standard InChI is InChI=1S/C15H14F3NO/c1-9(11-4-2-3-5-12(11)16)19-8-10-6-13(17)15(20)14(18)7-10/h2-7,9,19-20H,8H2,1H3. The molecule has 0 aromatic heterocycles.